The lowest BCUT2D eigenvalue weighted by Crippen LogP contribution is -2.39. The maximum Gasteiger partial charge on any atom is 0.410 e. The first kappa shape index (κ1) is 16.6. The standard InChI is InChI=1S/C18H25ClN2O2/c1-18(2,3)23-17(22)21-9-8-14(11-21)20-16-7-4-12-10-13(19)5-6-15(12)16/h5-6,10,14,16,20H,4,7-9,11H2,1-3H3/t14-,16?/m0/s1. The van der Waals surface area contributed by atoms with Crippen molar-refractivity contribution in [2.45, 2.75) is 57.7 Å². The summed E-state index contributed by atoms with van der Waals surface area (Å²) in [5, 5.41) is 4.52. The molecule has 1 amide bonds. The summed E-state index contributed by atoms with van der Waals surface area (Å²) in [5.41, 5.74) is 2.26. The van der Waals surface area contributed by atoms with Gasteiger partial charge in [-0.05, 0) is 63.3 Å². The summed E-state index contributed by atoms with van der Waals surface area (Å²) >= 11 is 6.07. The predicted octanol–water partition coefficient (Wildman–Crippen LogP) is 3.93. The van der Waals surface area contributed by atoms with Crippen LogP contribution in [0.5, 0.6) is 0 Å². The number of nitrogens with zero attached hydrogens (tertiary/aromatic N) is 1. The molecule has 2 aliphatic rings. The molecule has 1 aliphatic heterocycles. The molecular weight excluding hydrogens is 312 g/mol. The van der Waals surface area contributed by atoms with Crippen LogP contribution in [0.1, 0.15) is 50.8 Å². The average molecular weight is 337 g/mol. The van der Waals surface area contributed by atoms with Gasteiger partial charge in [0.1, 0.15) is 5.60 Å². The molecule has 1 aromatic rings. The molecule has 1 fully saturated rings. The van der Waals surface area contributed by atoms with Crippen LogP contribution in [0.15, 0.2) is 18.2 Å². The van der Waals surface area contributed by atoms with Crippen LogP contribution >= 0.6 is 11.6 Å². The van der Waals surface area contributed by atoms with Crippen molar-refractivity contribution >= 4 is 17.7 Å². The van der Waals surface area contributed by atoms with E-state index in [9.17, 15) is 4.79 Å². The molecule has 1 heterocycles. The minimum Gasteiger partial charge on any atom is -0.444 e. The number of benzene rings is 1. The maximum atomic E-state index is 12.1. The van der Waals surface area contributed by atoms with Crippen LogP contribution in [0.25, 0.3) is 0 Å². The molecule has 0 saturated carbocycles. The van der Waals surface area contributed by atoms with Crippen molar-refractivity contribution in [3.8, 4) is 0 Å². The molecule has 0 aromatic heterocycles. The van der Waals surface area contributed by atoms with Crippen molar-refractivity contribution in [2.75, 3.05) is 13.1 Å². The van der Waals surface area contributed by atoms with Gasteiger partial charge in [-0.2, -0.15) is 0 Å². The number of carbonyl (C=O) groups excluding carboxylic acids is 1. The van der Waals surface area contributed by atoms with Crippen LogP contribution in [-0.2, 0) is 11.2 Å². The highest BCUT2D eigenvalue weighted by Crippen LogP contribution is 2.33. The van der Waals surface area contributed by atoms with Gasteiger partial charge < -0.3 is 15.0 Å². The maximum absolute atomic E-state index is 12.1. The molecule has 2 atom stereocenters. The summed E-state index contributed by atoms with van der Waals surface area (Å²) in [7, 11) is 0. The minimum absolute atomic E-state index is 0.208. The van der Waals surface area contributed by atoms with Gasteiger partial charge in [-0.15, -0.1) is 0 Å². The van der Waals surface area contributed by atoms with E-state index in [1.54, 1.807) is 4.90 Å². The minimum atomic E-state index is -0.438. The van der Waals surface area contributed by atoms with E-state index in [2.05, 4.69) is 17.4 Å². The van der Waals surface area contributed by atoms with Gasteiger partial charge in [0.15, 0.2) is 0 Å². The number of hydrogen-bond donors (Lipinski definition) is 1. The Morgan fingerprint density at radius 2 is 2.13 bits per heavy atom. The van der Waals surface area contributed by atoms with Gasteiger partial charge in [0.2, 0.25) is 0 Å². The lowest BCUT2D eigenvalue weighted by Gasteiger charge is -2.25. The Labute approximate surface area is 143 Å². The van der Waals surface area contributed by atoms with Gasteiger partial charge >= 0.3 is 6.09 Å². The molecule has 0 bridgehead atoms. The smallest absolute Gasteiger partial charge is 0.410 e. The molecule has 1 saturated heterocycles. The summed E-state index contributed by atoms with van der Waals surface area (Å²) in [6, 6.07) is 6.85. The van der Waals surface area contributed by atoms with E-state index >= 15 is 0 Å². The van der Waals surface area contributed by atoms with Gasteiger partial charge in [0, 0.05) is 30.2 Å². The molecule has 1 aromatic carbocycles. The largest absolute Gasteiger partial charge is 0.444 e. The zero-order valence-electron chi connectivity index (χ0n) is 14.1. The van der Waals surface area contributed by atoms with Crippen LogP contribution in [0.3, 0.4) is 0 Å². The number of rotatable bonds is 2. The number of carbonyl (C=O) groups is 1. The van der Waals surface area contributed by atoms with Gasteiger partial charge in [0.05, 0.1) is 0 Å². The molecule has 126 valence electrons. The fourth-order valence-corrected chi connectivity index (χ4v) is 3.63. The zero-order valence-corrected chi connectivity index (χ0v) is 14.8. The van der Waals surface area contributed by atoms with Crippen molar-refractivity contribution in [1.82, 2.24) is 10.2 Å². The topological polar surface area (TPSA) is 41.6 Å². The van der Waals surface area contributed by atoms with E-state index in [0.717, 1.165) is 30.8 Å². The Balaban J connectivity index is 1.56. The molecule has 1 N–H and O–H groups in total. The lowest BCUT2D eigenvalue weighted by molar-refractivity contribution is 0.0290. The van der Waals surface area contributed by atoms with Crippen molar-refractivity contribution < 1.29 is 9.53 Å². The Morgan fingerprint density at radius 3 is 2.87 bits per heavy atom. The van der Waals surface area contributed by atoms with Crippen molar-refractivity contribution in [2.24, 2.45) is 0 Å². The summed E-state index contributed by atoms with van der Waals surface area (Å²) in [5.74, 6) is 0. The average Bonchev–Trinajstić information content (AvgIpc) is 3.05. The third-order valence-electron chi connectivity index (χ3n) is 4.46. The van der Waals surface area contributed by atoms with Crippen molar-refractivity contribution in [1.29, 1.82) is 0 Å². The second-order valence-electron chi connectivity index (χ2n) is 7.51. The Hall–Kier alpha value is -1.26. The molecular formula is C18H25ClN2O2. The Morgan fingerprint density at radius 1 is 1.35 bits per heavy atom. The van der Waals surface area contributed by atoms with Crippen LogP contribution in [0.4, 0.5) is 4.79 Å². The highest BCUT2D eigenvalue weighted by molar-refractivity contribution is 6.30. The normalized spacial score (nSPS) is 23.9. The first-order chi connectivity index (χ1) is 10.8. The van der Waals surface area contributed by atoms with E-state index in [4.69, 9.17) is 16.3 Å². The number of fused-ring (bicyclic) bond motifs is 1. The summed E-state index contributed by atoms with van der Waals surface area (Å²) < 4.78 is 5.45. The Bertz CT molecular complexity index is 597. The van der Waals surface area contributed by atoms with E-state index in [1.807, 2.05) is 26.8 Å². The third-order valence-corrected chi connectivity index (χ3v) is 4.69. The molecule has 0 spiro atoms. The van der Waals surface area contributed by atoms with Gasteiger partial charge in [-0.3, -0.25) is 0 Å². The van der Waals surface area contributed by atoms with Gasteiger partial charge in [-0.25, -0.2) is 4.79 Å². The monoisotopic (exact) mass is 336 g/mol. The van der Waals surface area contributed by atoms with E-state index in [0.29, 0.717) is 18.6 Å². The second-order valence-corrected chi connectivity index (χ2v) is 7.95. The quantitative estimate of drug-likeness (QED) is 0.889. The number of hydrogen-bond acceptors (Lipinski definition) is 3. The SMILES string of the molecule is CC(C)(C)OC(=O)N1CC[C@H](NC2CCc3cc(Cl)ccc32)C1. The highest BCUT2D eigenvalue weighted by atomic mass is 35.5. The molecule has 23 heavy (non-hydrogen) atoms. The second kappa shape index (κ2) is 6.33. The number of likely N-dealkylation sites (tertiary alicyclic amines) is 1. The number of nitrogens with one attached hydrogen (secondary N) is 1. The molecule has 0 radical (unpaired) electrons. The summed E-state index contributed by atoms with van der Waals surface area (Å²) in [6.45, 7) is 7.17. The fraction of sp³-hybridized carbons (Fsp3) is 0.611. The first-order valence-corrected chi connectivity index (χ1v) is 8.72. The molecule has 1 aliphatic carbocycles. The third kappa shape index (κ3) is 3.99. The molecule has 3 rings (SSSR count). The number of halogens is 1. The van der Waals surface area contributed by atoms with Crippen molar-refractivity contribution in [3.63, 3.8) is 0 Å². The number of amides is 1. The van der Waals surface area contributed by atoms with Crippen LogP contribution in [-0.4, -0.2) is 35.7 Å². The van der Waals surface area contributed by atoms with E-state index in [1.165, 1.54) is 11.1 Å². The molecule has 5 heteroatoms. The molecule has 1 unspecified atom stereocenters. The van der Waals surface area contributed by atoms with Crippen molar-refractivity contribution in [3.05, 3.63) is 34.3 Å². The summed E-state index contributed by atoms with van der Waals surface area (Å²) in [4.78, 5) is 13.9. The number of aryl methyl sites for hydroxylation is 1. The van der Waals surface area contributed by atoms with Gasteiger partial charge in [0.25, 0.3) is 0 Å². The Kier molecular flexibility index (Phi) is 4.56. The van der Waals surface area contributed by atoms with E-state index < -0.39 is 5.60 Å². The fourth-order valence-electron chi connectivity index (χ4n) is 3.43. The highest BCUT2D eigenvalue weighted by Gasteiger charge is 2.32. The molecule has 4 nitrogen and oxygen atoms in total. The number of ether oxygens (including phenoxy) is 1. The predicted molar refractivity (Wildman–Crippen MR) is 91.9 cm³/mol. The van der Waals surface area contributed by atoms with Crippen LogP contribution in [0.2, 0.25) is 5.02 Å². The van der Waals surface area contributed by atoms with E-state index in [-0.39, 0.29) is 6.09 Å². The first-order valence-electron chi connectivity index (χ1n) is 8.34. The van der Waals surface area contributed by atoms with Crippen LogP contribution < -0.4 is 5.32 Å². The van der Waals surface area contributed by atoms with Crippen LogP contribution in [0, 0.1) is 0 Å². The van der Waals surface area contributed by atoms with Gasteiger partial charge in [-0.1, -0.05) is 17.7 Å². The lowest BCUT2D eigenvalue weighted by atomic mass is 10.1. The zero-order chi connectivity index (χ0) is 16.6. The summed E-state index contributed by atoms with van der Waals surface area (Å²) in [6.07, 6.45) is 2.92.